The number of aryl methyl sites for hydroxylation is 1. The number of aromatic nitrogens is 1. The summed E-state index contributed by atoms with van der Waals surface area (Å²) in [6.45, 7) is 1.93. The predicted molar refractivity (Wildman–Crippen MR) is 84.1 cm³/mol. The zero-order chi connectivity index (χ0) is 15.3. The molecule has 0 saturated heterocycles. The second-order valence-electron chi connectivity index (χ2n) is 5.32. The van der Waals surface area contributed by atoms with Gasteiger partial charge in [-0.1, -0.05) is 24.3 Å². The van der Waals surface area contributed by atoms with Crippen LogP contribution < -0.4 is 4.90 Å². The maximum Gasteiger partial charge on any atom is 0.266 e. The van der Waals surface area contributed by atoms with Crippen molar-refractivity contribution in [3.8, 4) is 0 Å². The number of benzene rings is 2. The summed E-state index contributed by atoms with van der Waals surface area (Å²) in [5.41, 5.74) is 2.46. The molecule has 2 aromatic carbocycles. The molecule has 3 aromatic rings. The number of pyridine rings is 1. The molecule has 0 N–H and O–H groups in total. The molecule has 0 spiro atoms. The van der Waals surface area contributed by atoms with E-state index in [1.807, 2.05) is 19.1 Å². The number of nitrogens with zero attached hydrogens (tertiary/aromatic N) is 2. The number of amides is 2. The number of carbonyl (C=O) groups excluding carboxylic acids is 2. The van der Waals surface area contributed by atoms with Crippen molar-refractivity contribution in [3.63, 3.8) is 0 Å². The zero-order valence-electron chi connectivity index (χ0n) is 11.9. The number of rotatable bonds is 1. The number of hydrogen-bond donors (Lipinski definition) is 0. The molecule has 106 valence electrons. The molecule has 0 atom stereocenters. The summed E-state index contributed by atoms with van der Waals surface area (Å²) in [6.07, 6.45) is 3.48. The lowest BCUT2D eigenvalue weighted by Gasteiger charge is -2.17. The number of fused-ring (bicyclic) bond motifs is 2. The van der Waals surface area contributed by atoms with Crippen molar-refractivity contribution in [3.05, 3.63) is 71.5 Å². The van der Waals surface area contributed by atoms with Crippen molar-refractivity contribution in [2.24, 2.45) is 0 Å². The molecule has 4 heteroatoms. The van der Waals surface area contributed by atoms with Crippen LogP contribution in [-0.4, -0.2) is 16.8 Å². The van der Waals surface area contributed by atoms with Gasteiger partial charge in [0.05, 0.1) is 16.8 Å². The first-order valence-electron chi connectivity index (χ1n) is 6.99. The molecule has 22 heavy (non-hydrogen) atoms. The number of imide groups is 1. The largest absolute Gasteiger partial charge is 0.268 e. The number of anilines is 1. The van der Waals surface area contributed by atoms with E-state index in [4.69, 9.17) is 0 Å². The first kappa shape index (κ1) is 12.7. The maximum absolute atomic E-state index is 12.7. The molecular weight excluding hydrogens is 276 g/mol. The van der Waals surface area contributed by atoms with Crippen LogP contribution in [0.1, 0.15) is 26.3 Å². The minimum absolute atomic E-state index is 0.274. The number of carbonyl (C=O) groups is 2. The average molecular weight is 288 g/mol. The van der Waals surface area contributed by atoms with E-state index >= 15 is 0 Å². The average Bonchev–Trinajstić information content (AvgIpc) is 2.79. The summed E-state index contributed by atoms with van der Waals surface area (Å²) in [5.74, 6) is -0.548. The Morgan fingerprint density at radius 2 is 1.55 bits per heavy atom. The molecule has 4 rings (SSSR count). The molecule has 0 fully saturated rings. The van der Waals surface area contributed by atoms with Gasteiger partial charge in [-0.25, -0.2) is 4.90 Å². The van der Waals surface area contributed by atoms with Crippen LogP contribution in [0.15, 0.2) is 54.9 Å². The van der Waals surface area contributed by atoms with Gasteiger partial charge in [-0.2, -0.15) is 0 Å². The third-order valence-corrected chi connectivity index (χ3v) is 3.99. The van der Waals surface area contributed by atoms with Crippen LogP contribution in [0, 0.1) is 6.92 Å². The van der Waals surface area contributed by atoms with Gasteiger partial charge in [-0.05, 0) is 30.7 Å². The fourth-order valence-corrected chi connectivity index (χ4v) is 2.98. The van der Waals surface area contributed by atoms with Gasteiger partial charge in [0.15, 0.2) is 0 Å². The second kappa shape index (κ2) is 4.49. The molecule has 2 heterocycles. The fraction of sp³-hybridized carbons (Fsp3) is 0.0556. The minimum Gasteiger partial charge on any atom is -0.268 e. The quantitative estimate of drug-likeness (QED) is 0.645. The Hall–Kier alpha value is -3.01. The van der Waals surface area contributed by atoms with Crippen LogP contribution in [0.2, 0.25) is 0 Å². The molecule has 1 aliphatic rings. The van der Waals surface area contributed by atoms with E-state index in [0.29, 0.717) is 16.8 Å². The van der Waals surface area contributed by atoms with E-state index in [1.165, 1.54) is 4.90 Å². The molecule has 0 unspecified atom stereocenters. The van der Waals surface area contributed by atoms with Crippen molar-refractivity contribution >= 4 is 28.3 Å². The lowest BCUT2D eigenvalue weighted by Crippen LogP contribution is -2.29. The van der Waals surface area contributed by atoms with E-state index in [0.717, 1.165) is 16.3 Å². The van der Waals surface area contributed by atoms with Gasteiger partial charge in [-0.15, -0.1) is 0 Å². The van der Waals surface area contributed by atoms with E-state index < -0.39 is 0 Å². The molecule has 1 aliphatic heterocycles. The van der Waals surface area contributed by atoms with Gasteiger partial charge in [0.1, 0.15) is 0 Å². The lowest BCUT2D eigenvalue weighted by atomic mass is 10.1. The van der Waals surface area contributed by atoms with E-state index in [2.05, 4.69) is 4.98 Å². The predicted octanol–water partition coefficient (Wildman–Crippen LogP) is 3.34. The van der Waals surface area contributed by atoms with E-state index in [1.54, 1.807) is 42.7 Å². The minimum atomic E-state index is -0.274. The molecular formula is C18H12N2O2. The van der Waals surface area contributed by atoms with Crippen LogP contribution in [0.25, 0.3) is 10.8 Å². The van der Waals surface area contributed by atoms with Gasteiger partial charge in [0.2, 0.25) is 0 Å². The van der Waals surface area contributed by atoms with Gasteiger partial charge in [0.25, 0.3) is 11.8 Å². The molecule has 0 bridgehead atoms. The van der Waals surface area contributed by atoms with Crippen molar-refractivity contribution in [1.29, 1.82) is 0 Å². The van der Waals surface area contributed by atoms with Gasteiger partial charge < -0.3 is 0 Å². The molecule has 0 saturated carbocycles. The third-order valence-electron chi connectivity index (χ3n) is 3.99. The monoisotopic (exact) mass is 288 g/mol. The molecule has 0 aliphatic carbocycles. The second-order valence-corrected chi connectivity index (χ2v) is 5.32. The van der Waals surface area contributed by atoms with Crippen molar-refractivity contribution in [2.45, 2.75) is 6.92 Å². The summed E-state index contributed by atoms with van der Waals surface area (Å²) in [6, 6.07) is 12.5. The van der Waals surface area contributed by atoms with Crippen LogP contribution >= 0.6 is 0 Å². The first-order valence-corrected chi connectivity index (χ1v) is 6.99. The maximum atomic E-state index is 12.7. The van der Waals surface area contributed by atoms with Crippen LogP contribution in [0.4, 0.5) is 5.69 Å². The lowest BCUT2D eigenvalue weighted by molar-refractivity contribution is 0.0926. The summed E-state index contributed by atoms with van der Waals surface area (Å²) in [7, 11) is 0. The Kier molecular flexibility index (Phi) is 2.60. The summed E-state index contributed by atoms with van der Waals surface area (Å²) < 4.78 is 0. The summed E-state index contributed by atoms with van der Waals surface area (Å²) in [4.78, 5) is 30.7. The van der Waals surface area contributed by atoms with Crippen molar-refractivity contribution in [1.82, 2.24) is 4.98 Å². The topological polar surface area (TPSA) is 50.3 Å². The van der Waals surface area contributed by atoms with Gasteiger partial charge >= 0.3 is 0 Å². The standard InChI is InChI=1S/C18H12N2O2/c1-11-9-19-10-12-5-4-8-15(16(11)12)20-17(21)13-6-2-3-7-14(13)18(20)22/h2-10H,1H3. The van der Waals surface area contributed by atoms with Gasteiger partial charge in [0, 0.05) is 23.2 Å². The van der Waals surface area contributed by atoms with Gasteiger partial charge in [-0.3, -0.25) is 14.6 Å². The Morgan fingerprint density at radius 3 is 2.23 bits per heavy atom. The Morgan fingerprint density at radius 1 is 0.864 bits per heavy atom. The van der Waals surface area contributed by atoms with Crippen LogP contribution in [0.3, 0.4) is 0 Å². The zero-order valence-corrected chi connectivity index (χ0v) is 11.9. The molecule has 0 radical (unpaired) electrons. The van der Waals surface area contributed by atoms with E-state index in [-0.39, 0.29) is 11.8 Å². The summed E-state index contributed by atoms with van der Waals surface area (Å²) >= 11 is 0. The van der Waals surface area contributed by atoms with E-state index in [9.17, 15) is 9.59 Å². The Bertz CT molecular complexity index is 906. The molecule has 1 aromatic heterocycles. The molecule has 2 amide bonds. The Labute approximate surface area is 127 Å². The highest BCUT2D eigenvalue weighted by Gasteiger charge is 2.37. The summed E-state index contributed by atoms with van der Waals surface area (Å²) in [5, 5.41) is 1.79. The van der Waals surface area contributed by atoms with Crippen LogP contribution in [-0.2, 0) is 0 Å². The number of hydrogen-bond acceptors (Lipinski definition) is 3. The SMILES string of the molecule is Cc1cncc2cccc(N3C(=O)c4ccccc4C3=O)c12. The normalized spacial score (nSPS) is 13.8. The third kappa shape index (κ3) is 1.61. The highest BCUT2D eigenvalue weighted by Crippen LogP contribution is 2.34. The van der Waals surface area contributed by atoms with Crippen molar-refractivity contribution < 1.29 is 9.59 Å². The van der Waals surface area contributed by atoms with Crippen LogP contribution in [0.5, 0.6) is 0 Å². The first-order chi connectivity index (χ1) is 10.7. The Balaban J connectivity index is 1.99. The molecule has 4 nitrogen and oxygen atoms in total. The highest BCUT2D eigenvalue weighted by atomic mass is 16.2. The highest BCUT2D eigenvalue weighted by molar-refractivity contribution is 6.36. The van der Waals surface area contributed by atoms with Crippen molar-refractivity contribution in [2.75, 3.05) is 4.90 Å². The fourth-order valence-electron chi connectivity index (χ4n) is 2.98. The smallest absolute Gasteiger partial charge is 0.266 e.